The van der Waals surface area contributed by atoms with Gasteiger partial charge in [-0.15, -0.1) is 5.10 Å². The Hall–Kier alpha value is -3.75. The summed E-state index contributed by atoms with van der Waals surface area (Å²) in [7, 11) is 1.61. The van der Waals surface area contributed by atoms with Crippen LogP contribution in [-0.2, 0) is 10.5 Å². The number of fused-ring (bicyclic) bond motifs is 1. The number of aryl methyl sites for hydroxylation is 2. The van der Waals surface area contributed by atoms with E-state index in [0.717, 1.165) is 11.3 Å². The van der Waals surface area contributed by atoms with Crippen LogP contribution in [0.1, 0.15) is 35.2 Å². The molecule has 1 amide bonds. The van der Waals surface area contributed by atoms with Gasteiger partial charge in [-0.3, -0.25) is 4.79 Å². The second kappa shape index (κ2) is 10.9. The Bertz CT molecular complexity index is 1530. The van der Waals surface area contributed by atoms with Crippen LogP contribution in [0.25, 0.3) is 0 Å². The van der Waals surface area contributed by atoms with Crippen LogP contribution >= 0.6 is 23.4 Å². The molecule has 4 aromatic rings. The lowest BCUT2D eigenvalue weighted by molar-refractivity contribution is -0.113. The zero-order chi connectivity index (χ0) is 26.8. The minimum atomic E-state index is -0.554. The Balaban J connectivity index is 1.48. The monoisotopic (exact) mass is 545 g/mol. The van der Waals surface area contributed by atoms with Crippen molar-refractivity contribution in [1.82, 2.24) is 14.8 Å². The third-order valence-electron chi connectivity index (χ3n) is 6.48. The van der Waals surface area contributed by atoms with Crippen LogP contribution in [-0.4, -0.2) is 27.8 Å². The third kappa shape index (κ3) is 5.28. The molecule has 194 valence electrons. The number of rotatable bonds is 7. The molecule has 2 heterocycles. The number of thioether (sulfide) groups is 1. The molecule has 3 aromatic carbocycles. The minimum Gasteiger partial charge on any atom is -0.497 e. The predicted molar refractivity (Wildman–Crippen MR) is 153 cm³/mol. The van der Waals surface area contributed by atoms with E-state index in [4.69, 9.17) is 26.4 Å². The van der Waals surface area contributed by atoms with Crippen LogP contribution in [0.15, 0.2) is 83.2 Å². The first-order valence-electron chi connectivity index (χ1n) is 12.2. The maximum absolute atomic E-state index is 13.7. The number of anilines is 2. The number of hydrogen-bond acceptors (Lipinski definition) is 6. The smallest absolute Gasteiger partial charge is 0.255 e. The van der Waals surface area contributed by atoms with E-state index in [1.54, 1.807) is 47.8 Å². The van der Waals surface area contributed by atoms with Gasteiger partial charge in [0.05, 0.1) is 12.7 Å². The van der Waals surface area contributed by atoms with E-state index in [-0.39, 0.29) is 5.91 Å². The molecule has 0 radical (unpaired) electrons. The van der Waals surface area contributed by atoms with Crippen molar-refractivity contribution in [3.05, 3.63) is 105 Å². The Labute approximate surface area is 231 Å². The zero-order valence-electron chi connectivity index (χ0n) is 21.6. The van der Waals surface area contributed by atoms with Crippen molar-refractivity contribution < 1.29 is 9.53 Å². The average Bonchev–Trinajstić information content (AvgIpc) is 3.30. The molecule has 2 N–H and O–H groups in total. The molecule has 5 rings (SSSR count). The van der Waals surface area contributed by atoms with Gasteiger partial charge in [0.25, 0.3) is 5.91 Å². The summed E-state index contributed by atoms with van der Waals surface area (Å²) in [5.41, 5.74) is 6.33. The van der Waals surface area contributed by atoms with E-state index < -0.39 is 6.04 Å². The molecule has 7 nitrogen and oxygen atoms in total. The molecular formula is C29H28ClN5O2S. The maximum Gasteiger partial charge on any atom is 0.255 e. The van der Waals surface area contributed by atoms with Gasteiger partial charge in [-0.1, -0.05) is 65.3 Å². The topological polar surface area (TPSA) is 81.1 Å². The van der Waals surface area contributed by atoms with Crippen LogP contribution in [0.3, 0.4) is 0 Å². The second-order valence-corrected chi connectivity index (χ2v) is 10.5. The van der Waals surface area contributed by atoms with E-state index in [1.165, 1.54) is 16.7 Å². The first kappa shape index (κ1) is 25.9. The largest absolute Gasteiger partial charge is 0.497 e. The number of amides is 1. The Morgan fingerprint density at radius 3 is 2.58 bits per heavy atom. The third-order valence-corrected chi connectivity index (χ3v) is 7.71. The lowest BCUT2D eigenvalue weighted by Crippen LogP contribution is -2.31. The summed E-state index contributed by atoms with van der Waals surface area (Å²) in [5.74, 6) is 1.76. The highest BCUT2D eigenvalue weighted by atomic mass is 35.5. The molecule has 1 aromatic heterocycles. The minimum absolute atomic E-state index is 0.254. The first-order chi connectivity index (χ1) is 18.3. The Morgan fingerprint density at radius 2 is 1.87 bits per heavy atom. The summed E-state index contributed by atoms with van der Waals surface area (Å²) >= 11 is 8.22. The highest BCUT2D eigenvalue weighted by Crippen LogP contribution is 2.39. The SMILES string of the molecule is COc1ccc(NC(=O)C2=C(C)Nc3nc(SCc4ccc(C)cc4C)nn3[C@H]2c2ccccc2Cl)cc1. The van der Waals surface area contributed by atoms with E-state index in [0.29, 0.717) is 38.8 Å². The normalized spacial score (nSPS) is 14.6. The summed E-state index contributed by atoms with van der Waals surface area (Å²) in [5, 5.41) is 12.3. The summed E-state index contributed by atoms with van der Waals surface area (Å²) in [6.07, 6.45) is 0. The number of carbonyl (C=O) groups excluding carboxylic acids is 1. The molecule has 38 heavy (non-hydrogen) atoms. The van der Waals surface area contributed by atoms with Gasteiger partial charge < -0.3 is 15.4 Å². The van der Waals surface area contributed by atoms with Gasteiger partial charge >= 0.3 is 0 Å². The maximum atomic E-state index is 13.7. The predicted octanol–water partition coefficient (Wildman–Crippen LogP) is 6.78. The molecule has 9 heteroatoms. The zero-order valence-corrected chi connectivity index (χ0v) is 23.2. The molecule has 0 saturated heterocycles. The van der Waals surface area contributed by atoms with Gasteiger partial charge in [-0.25, -0.2) is 4.68 Å². The number of nitrogens with zero attached hydrogens (tertiary/aromatic N) is 3. The van der Waals surface area contributed by atoms with Gasteiger partial charge in [0, 0.05) is 27.7 Å². The quantitative estimate of drug-likeness (QED) is 0.249. The lowest BCUT2D eigenvalue weighted by atomic mass is 9.95. The molecule has 1 atom stereocenters. The van der Waals surface area contributed by atoms with E-state index >= 15 is 0 Å². The van der Waals surface area contributed by atoms with Crippen LogP contribution in [0.2, 0.25) is 5.02 Å². The van der Waals surface area contributed by atoms with Crippen LogP contribution in [0.4, 0.5) is 11.6 Å². The van der Waals surface area contributed by atoms with Crippen LogP contribution in [0.5, 0.6) is 5.75 Å². The van der Waals surface area contributed by atoms with E-state index in [9.17, 15) is 4.79 Å². The first-order valence-corrected chi connectivity index (χ1v) is 13.5. The molecule has 0 aliphatic carbocycles. The lowest BCUT2D eigenvalue weighted by Gasteiger charge is -2.29. The van der Waals surface area contributed by atoms with Crippen molar-refractivity contribution in [1.29, 1.82) is 0 Å². The molecular weight excluding hydrogens is 518 g/mol. The standard InChI is InChI=1S/C29H28ClN5O2S/c1-17-9-10-20(18(2)15-17)16-38-29-33-28-31-19(3)25(27(36)32-21-11-13-22(37-4)14-12-21)26(35(28)34-29)23-7-5-6-8-24(23)30/h5-15,26H,16H2,1-4H3,(H,32,36)(H,31,33,34)/t26-/m0/s1. The van der Waals surface area contributed by atoms with Crippen LogP contribution < -0.4 is 15.4 Å². The van der Waals surface area contributed by atoms with Gasteiger partial charge in [0.15, 0.2) is 0 Å². The van der Waals surface area contributed by atoms with Crippen molar-refractivity contribution in [3.8, 4) is 5.75 Å². The van der Waals surface area contributed by atoms with Gasteiger partial charge in [-0.05, 0) is 62.2 Å². The molecule has 0 bridgehead atoms. The van der Waals surface area contributed by atoms with Crippen molar-refractivity contribution in [2.24, 2.45) is 0 Å². The van der Waals surface area contributed by atoms with E-state index in [1.807, 2.05) is 31.2 Å². The number of halogens is 1. The molecule has 1 aliphatic rings. The van der Waals surface area contributed by atoms with E-state index in [2.05, 4.69) is 42.7 Å². The molecule has 0 unspecified atom stereocenters. The molecule has 0 fully saturated rings. The van der Waals surface area contributed by atoms with Gasteiger partial charge in [-0.2, -0.15) is 4.98 Å². The summed E-state index contributed by atoms with van der Waals surface area (Å²) in [6.45, 7) is 6.07. The van der Waals surface area contributed by atoms with Crippen molar-refractivity contribution in [2.45, 2.75) is 37.7 Å². The number of benzene rings is 3. The van der Waals surface area contributed by atoms with Crippen LogP contribution in [0, 0.1) is 13.8 Å². The highest BCUT2D eigenvalue weighted by Gasteiger charge is 2.35. The highest BCUT2D eigenvalue weighted by molar-refractivity contribution is 7.98. The fourth-order valence-corrected chi connectivity index (χ4v) is 5.64. The Morgan fingerprint density at radius 1 is 1.11 bits per heavy atom. The fraction of sp³-hybridized carbons (Fsp3) is 0.207. The number of allylic oxidation sites excluding steroid dienone is 1. The van der Waals surface area contributed by atoms with Crippen molar-refractivity contribution >= 4 is 40.9 Å². The second-order valence-electron chi connectivity index (χ2n) is 9.15. The van der Waals surface area contributed by atoms with Gasteiger partial charge in [0.1, 0.15) is 11.8 Å². The molecule has 0 saturated carbocycles. The molecule has 1 aliphatic heterocycles. The molecule has 0 spiro atoms. The number of aromatic nitrogens is 3. The van der Waals surface area contributed by atoms with Gasteiger partial charge in [0.2, 0.25) is 11.1 Å². The average molecular weight is 546 g/mol. The number of nitrogens with one attached hydrogen (secondary N) is 2. The van der Waals surface area contributed by atoms with Crippen molar-refractivity contribution in [2.75, 3.05) is 17.7 Å². The Kier molecular flexibility index (Phi) is 7.44. The number of carbonyl (C=O) groups is 1. The number of ether oxygens (including phenoxy) is 1. The summed E-state index contributed by atoms with van der Waals surface area (Å²) in [4.78, 5) is 18.4. The summed E-state index contributed by atoms with van der Waals surface area (Å²) in [6, 6.07) is 20.6. The summed E-state index contributed by atoms with van der Waals surface area (Å²) < 4.78 is 6.98. The number of methoxy groups -OCH3 is 1. The van der Waals surface area contributed by atoms with Crippen molar-refractivity contribution in [3.63, 3.8) is 0 Å². The number of hydrogen-bond donors (Lipinski definition) is 2. The fourth-order valence-electron chi connectivity index (χ4n) is 4.49.